The molecule has 1 heterocycles. The predicted molar refractivity (Wildman–Crippen MR) is 105 cm³/mol. The van der Waals surface area contributed by atoms with E-state index in [9.17, 15) is 23.2 Å². The van der Waals surface area contributed by atoms with Crippen molar-refractivity contribution < 1.29 is 22.7 Å². The molecule has 1 amide bonds. The topological polar surface area (TPSA) is 107 Å². The Bertz CT molecular complexity index is 1190. The predicted octanol–water partition coefficient (Wildman–Crippen LogP) is 4.33. The van der Waals surface area contributed by atoms with Crippen molar-refractivity contribution >= 4 is 44.5 Å². The number of hydrogen-bond donors (Lipinski definition) is 1. The van der Waals surface area contributed by atoms with Crippen LogP contribution < -0.4 is 10.5 Å². The first-order valence-corrected chi connectivity index (χ1v) is 9.41. The number of hydrogen-bond acceptors (Lipinski definition) is 5. The van der Waals surface area contributed by atoms with Gasteiger partial charge in [0.2, 0.25) is 5.91 Å². The smallest absolute Gasteiger partial charge is 0.406 e. The molecule has 0 aliphatic carbocycles. The summed E-state index contributed by atoms with van der Waals surface area (Å²) in [6.45, 7) is 1.25. The molecule has 3 rings (SSSR count). The molecule has 0 aliphatic rings. The number of amides is 1. The van der Waals surface area contributed by atoms with Crippen molar-refractivity contribution in [1.29, 1.82) is 5.26 Å². The van der Waals surface area contributed by atoms with Crippen LogP contribution in [0.2, 0.25) is 5.02 Å². The highest BCUT2D eigenvalue weighted by Gasteiger charge is 2.35. The van der Waals surface area contributed by atoms with Gasteiger partial charge in [-0.25, -0.2) is 0 Å². The third-order valence-corrected chi connectivity index (χ3v) is 5.62. The summed E-state index contributed by atoms with van der Waals surface area (Å²) < 4.78 is 42.3. The van der Waals surface area contributed by atoms with Gasteiger partial charge in [-0.2, -0.15) is 20.3 Å². The third kappa shape index (κ3) is 4.34. The lowest BCUT2D eigenvalue weighted by Gasteiger charge is -2.24. The van der Waals surface area contributed by atoms with E-state index >= 15 is 0 Å². The van der Waals surface area contributed by atoms with Crippen LogP contribution in [0, 0.1) is 11.3 Å². The second-order valence-corrected chi connectivity index (χ2v) is 7.72. The van der Waals surface area contributed by atoms with Crippen molar-refractivity contribution in [2.45, 2.75) is 25.2 Å². The van der Waals surface area contributed by atoms with Gasteiger partial charge >= 0.3 is 6.36 Å². The van der Waals surface area contributed by atoms with Gasteiger partial charge in [-0.1, -0.05) is 11.6 Å². The van der Waals surface area contributed by atoms with Gasteiger partial charge in [0, 0.05) is 5.56 Å². The molecule has 0 saturated carbocycles. The highest BCUT2D eigenvalue weighted by atomic mass is 79.9. The number of nitriles is 1. The minimum atomic E-state index is -4.94. The number of halogens is 5. The largest absolute Gasteiger partial charge is 0.573 e. The molecule has 2 aromatic carbocycles. The Kier molecular flexibility index (Phi) is 5.66. The zero-order valence-electron chi connectivity index (χ0n) is 15.2. The maximum Gasteiger partial charge on any atom is 0.573 e. The summed E-state index contributed by atoms with van der Waals surface area (Å²) in [6, 6.07) is 8.25. The zero-order valence-corrected chi connectivity index (χ0v) is 17.5. The maximum absolute atomic E-state index is 12.6. The van der Waals surface area contributed by atoms with Gasteiger partial charge in [-0.05, 0) is 58.7 Å². The standard InChI is InChI=1S/C18H12BrClF3N5O2/c1-17(7-24,8-28-26-13-5-4-12(20)14(19)15(13)27-28)11-6-9(30-18(21,22)23)2-3-10(11)16(25)29/h2-6H,8H2,1H3,(H2,25,29). The fourth-order valence-electron chi connectivity index (χ4n) is 2.89. The average molecular weight is 503 g/mol. The Morgan fingerprint density at radius 1 is 1.33 bits per heavy atom. The molecule has 1 unspecified atom stereocenters. The van der Waals surface area contributed by atoms with Gasteiger partial charge in [-0.15, -0.1) is 13.2 Å². The van der Waals surface area contributed by atoms with Crippen molar-refractivity contribution in [3.8, 4) is 11.8 Å². The number of ether oxygens (including phenoxy) is 1. The number of fused-ring (bicyclic) bond motifs is 1. The lowest BCUT2D eigenvalue weighted by atomic mass is 9.81. The van der Waals surface area contributed by atoms with Crippen LogP contribution >= 0.6 is 27.5 Å². The molecule has 2 N–H and O–H groups in total. The molecule has 0 aliphatic heterocycles. The van der Waals surface area contributed by atoms with Crippen LogP contribution in [0.25, 0.3) is 11.0 Å². The molecule has 30 heavy (non-hydrogen) atoms. The molecule has 1 atom stereocenters. The summed E-state index contributed by atoms with van der Waals surface area (Å²) in [5.41, 5.74) is 4.61. The van der Waals surface area contributed by atoms with Crippen LogP contribution in [0.1, 0.15) is 22.8 Å². The van der Waals surface area contributed by atoms with E-state index in [1.54, 1.807) is 12.1 Å². The summed E-state index contributed by atoms with van der Waals surface area (Å²) >= 11 is 9.35. The van der Waals surface area contributed by atoms with Crippen molar-refractivity contribution in [3.63, 3.8) is 0 Å². The lowest BCUT2D eigenvalue weighted by Crippen LogP contribution is -2.31. The van der Waals surface area contributed by atoms with E-state index < -0.39 is 23.4 Å². The lowest BCUT2D eigenvalue weighted by molar-refractivity contribution is -0.274. The van der Waals surface area contributed by atoms with Gasteiger partial charge in [0.1, 0.15) is 22.2 Å². The quantitative estimate of drug-likeness (QED) is 0.559. The maximum atomic E-state index is 12.6. The van der Waals surface area contributed by atoms with Crippen molar-refractivity contribution in [3.05, 3.63) is 51.0 Å². The number of benzene rings is 2. The number of carbonyl (C=O) groups is 1. The van der Waals surface area contributed by atoms with Gasteiger partial charge < -0.3 is 10.5 Å². The molecule has 0 bridgehead atoms. The summed E-state index contributed by atoms with van der Waals surface area (Å²) in [6.07, 6.45) is -4.94. The Morgan fingerprint density at radius 3 is 2.63 bits per heavy atom. The Labute approximate surface area is 181 Å². The summed E-state index contributed by atoms with van der Waals surface area (Å²) in [4.78, 5) is 13.1. The SMILES string of the molecule is CC(C#N)(Cn1nc2ccc(Cl)c(Br)c2n1)c1cc(OC(F)(F)F)ccc1C(N)=O. The van der Waals surface area contributed by atoms with Crippen LogP contribution in [0.3, 0.4) is 0 Å². The Balaban J connectivity index is 2.09. The van der Waals surface area contributed by atoms with E-state index in [2.05, 4.69) is 30.9 Å². The number of aromatic nitrogens is 3. The number of nitrogens with zero attached hydrogens (tertiary/aromatic N) is 4. The molecule has 0 saturated heterocycles. The number of rotatable bonds is 5. The molecule has 12 heteroatoms. The number of carbonyl (C=O) groups excluding carboxylic acids is 1. The van der Waals surface area contributed by atoms with Crippen molar-refractivity contribution in [1.82, 2.24) is 15.0 Å². The first-order valence-electron chi connectivity index (χ1n) is 8.24. The highest BCUT2D eigenvalue weighted by molar-refractivity contribution is 9.10. The first-order chi connectivity index (χ1) is 13.9. The molecular formula is C18H12BrClF3N5O2. The second-order valence-electron chi connectivity index (χ2n) is 6.52. The molecule has 156 valence electrons. The summed E-state index contributed by atoms with van der Waals surface area (Å²) in [7, 11) is 0. The molecular weight excluding hydrogens is 491 g/mol. The van der Waals surface area contributed by atoms with Crippen LogP contribution in [-0.4, -0.2) is 27.3 Å². The number of primary amides is 1. The van der Waals surface area contributed by atoms with E-state index in [1.807, 2.05) is 6.07 Å². The second kappa shape index (κ2) is 7.77. The van der Waals surface area contributed by atoms with Crippen LogP contribution in [0.5, 0.6) is 5.75 Å². The molecule has 0 fully saturated rings. The van der Waals surface area contributed by atoms with Crippen LogP contribution in [0.4, 0.5) is 13.2 Å². The molecule has 1 aromatic heterocycles. The fourth-order valence-corrected chi connectivity index (χ4v) is 3.46. The van der Waals surface area contributed by atoms with Gasteiger partial charge in [0.25, 0.3) is 0 Å². The molecule has 0 radical (unpaired) electrons. The van der Waals surface area contributed by atoms with Crippen LogP contribution in [-0.2, 0) is 12.0 Å². The van der Waals surface area contributed by atoms with Gasteiger partial charge in [0.05, 0.1) is 22.1 Å². The zero-order chi connectivity index (χ0) is 22.3. The minimum absolute atomic E-state index is 0.0438. The Morgan fingerprint density at radius 2 is 2.03 bits per heavy atom. The molecule has 0 spiro atoms. The monoisotopic (exact) mass is 501 g/mol. The third-order valence-electron chi connectivity index (χ3n) is 4.28. The molecule has 3 aromatic rings. The number of nitrogens with two attached hydrogens (primary N) is 1. The summed E-state index contributed by atoms with van der Waals surface area (Å²) in [5.74, 6) is -1.49. The van der Waals surface area contributed by atoms with E-state index in [-0.39, 0.29) is 17.7 Å². The van der Waals surface area contributed by atoms with Crippen LogP contribution in [0.15, 0.2) is 34.8 Å². The van der Waals surface area contributed by atoms with Gasteiger partial charge in [0.15, 0.2) is 0 Å². The van der Waals surface area contributed by atoms with Crippen molar-refractivity contribution in [2.75, 3.05) is 0 Å². The average Bonchev–Trinajstić information content (AvgIpc) is 3.06. The normalized spacial score (nSPS) is 13.6. The van der Waals surface area contributed by atoms with E-state index in [0.717, 1.165) is 18.2 Å². The van der Waals surface area contributed by atoms with Gasteiger partial charge in [-0.3, -0.25) is 4.79 Å². The van der Waals surface area contributed by atoms with E-state index in [0.29, 0.717) is 20.5 Å². The minimum Gasteiger partial charge on any atom is -0.406 e. The first kappa shape index (κ1) is 21.9. The highest BCUT2D eigenvalue weighted by Crippen LogP contribution is 2.34. The molecule has 7 nitrogen and oxygen atoms in total. The Hall–Kier alpha value is -2.84. The number of alkyl halides is 3. The van der Waals surface area contributed by atoms with E-state index in [1.165, 1.54) is 11.7 Å². The fraction of sp³-hybridized carbons (Fsp3) is 0.222. The summed E-state index contributed by atoms with van der Waals surface area (Å²) in [5, 5.41) is 18.8. The van der Waals surface area contributed by atoms with Crippen molar-refractivity contribution in [2.24, 2.45) is 5.73 Å². The van der Waals surface area contributed by atoms with E-state index in [4.69, 9.17) is 17.3 Å².